The minimum atomic E-state index is -0.269. The molecule has 0 bridgehead atoms. The van der Waals surface area contributed by atoms with E-state index >= 15 is 0 Å². The Bertz CT molecular complexity index is 806. The summed E-state index contributed by atoms with van der Waals surface area (Å²) < 4.78 is 15.4. The van der Waals surface area contributed by atoms with E-state index in [0.29, 0.717) is 0 Å². The first-order chi connectivity index (χ1) is 10.5. The van der Waals surface area contributed by atoms with Crippen molar-refractivity contribution in [3.05, 3.63) is 47.6 Å². The smallest absolute Gasteiger partial charge is 0.240 e. The van der Waals surface area contributed by atoms with E-state index in [0.717, 1.165) is 21.5 Å². The number of nitrogens with one attached hydrogen (secondary N) is 1. The van der Waals surface area contributed by atoms with Crippen LogP contribution in [0.3, 0.4) is 0 Å². The molecule has 0 unspecified atom stereocenters. The van der Waals surface area contributed by atoms with Crippen LogP contribution in [0.15, 0.2) is 41.8 Å². The zero-order chi connectivity index (χ0) is 15.7. The van der Waals surface area contributed by atoms with Gasteiger partial charge >= 0.3 is 0 Å². The molecule has 1 amide bonds. The number of halogens is 1. The van der Waals surface area contributed by atoms with E-state index in [1.807, 2.05) is 42.0 Å². The van der Waals surface area contributed by atoms with Gasteiger partial charge in [0.1, 0.15) is 12.4 Å². The number of hydrogen-bond acceptors (Lipinski definition) is 2. The molecule has 0 aliphatic rings. The molecule has 0 fully saturated rings. The zero-order valence-corrected chi connectivity index (χ0v) is 13.3. The lowest BCUT2D eigenvalue weighted by Crippen LogP contribution is -2.33. The van der Waals surface area contributed by atoms with Gasteiger partial charge in [-0.3, -0.25) is 4.79 Å². The molecule has 0 saturated carbocycles. The van der Waals surface area contributed by atoms with Crippen LogP contribution in [0.1, 0.15) is 13.8 Å². The molecule has 22 heavy (non-hydrogen) atoms. The first-order valence-corrected chi connectivity index (χ1v) is 8.04. The Labute approximate surface area is 132 Å². The summed E-state index contributed by atoms with van der Waals surface area (Å²) in [6.45, 7) is 4.09. The highest BCUT2D eigenvalue weighted by Crippen LogP contribution is 2.31. The van der Waals surface area contributed by atoms with Crippen molar-refractivity contribution in [3.63, 3.8) is 0 Å². The standard InChI is InChI=1S/C17H17FN2OS/c1-11(2)19-17(21)10-20-14-6-5-13(18)8-12(14)9-15(20)16-4-3-7-22-16/h3-9,11H,10H2,1-2H3,(H,19,21). The molecular weight excluding hydrogens is 299 g/mol. The number of rotatable bonds is 4. The van der Waals surface area contributed by atoms with Crippen molar-refractivity contribution >= 4 is 28.1 Å². The number of aromatic nitrogens is 1. The van der Waals surface area contributed by atoms with Gasteiger partial charge in [0.05, 0.1) is 10.6 Å². The maximum absolute atomic E-state index is 13.5. The van der Waals surface area contributed by atoms with Gasteiger partial charge in [0.15, 0.2) is 0 Å². The molecule has 0 spiro atoms. The first-order valence-electron chi connectivity index (χ1n) is 7.16. The fourth-order valence-corrected chi connectivity index (χ4v) is 3.30. The molecule has 0 radical (unpaired) electrons. The minimum Gasteiger partial charge on any atom is -0.352 e. The van der Waals surface area contributed by atoms with Crippen molar-refractivity contribution in [2.45, 2.75) is 26.4 Å². The van der Waals surface area contributed by atoms with Gasteiger partial charge in [-0.25, -0.2) is 4.39 Å². The van der Waals surface area contributed by atoms with E-state index in [1.165, 1.54) is 12.1 Å². The summed E-state index contributed by atoms with van der Waals surface area (Å²) >= 11 is 1.60. The minimum absolute atomic E-state index is 0.0466. The molecular formula is C17H17FN2OS. The number of amides is 1. The van der Waals surface area contributed by atoms with Gasteiger partial charge in [-0.05, 0) is 49.6 Å². The topological polar surface area (TPSA) is 34.0 Å². The monoisotopic (exact) mass is 316 g/mol. The SMILES string of the molecule is CC(C)NC(=O)Cn1c(-c2cccs2)cc2cc(F)ccc21. The highest BCUT2D eigenvalue weighted by molar-refractivity contribution is 7.13. The van der Waals surface area contributed by atoms with Crippen molar-refractivity contribution in [2.24, 2.45) is 0 Å². The van der Waals surface area contributed by atoms with E-state index in [1.54, 1.807) is 17.4 Å². The summed E-state index contributed by atoms with van der Waals surface area (Å²) in [7, 11) is 0. The number of carbonyl (C=O) groups excluding carboxylic acids is 1. The lowest BCUT2D eigenvalue weighted by Gasteiger charge is -2.12. The second kappa shape index (κ2) is 5.93. The number of hydrogen-bond donors (Lipinski definition) is 1. The predicted molar refractivity (Wildman–Crippen MR) is 88.5 cm³/mol. The molecule has 0 aliphatic carbocycles. The van der Waals surface area contributed by atoms with Gasteiger partial charge < -0.3 is 9.88 Å². The van der Waals surface area contributed by atoms with Crippen molar-refractivity contribution < 1.29 is 9.18 Å². The molecule has 114 valence electrons. The largest absolute Gasteiger partial charge is 0.352 e. The fourth-order valence-electron chi connectivity index (χ4n) is 2.55. The van der Waals surface area contributed by atoms with E-state index in [4.69, 9.17) is 0 Å². The van der Waals surface area contributed by atoms with Crippen molar-refractivity contribution in [2.75, 3.05) is 0 Å². The lowest BCUT2D eigenvalue weighted by atomic mass is 10.2. The number of fused-ring (bicyclic) bond motifs is 1. The Hall–Kier alpha value is -2.14. The Morgan fingerprint density at radius 2 is 2.14 bits per heavy atom. The highest BCUT2D eigenvalue weighted by atomic mass is 32.1. The van der Waals surface area contributed by atoms with Crippen LogP contribution in [0.5, 0.6) is 0 Å². The number of nitrogens with zero attached hydrogens (tertiary/aromatic N) is 1. The molecule has 2 heterocycles. The summed E-state index contributed by atoms with van der Waals surface area (Å²) in [5.41, 5.74) is 1.80. The van der Waals surface area contributed by atoms with Gasteiger partial charge in [-0.1, -0.05) is 6.07 Å². The Kier molecular flexibility index (Phi) is 3.98. The Morgan fingerprint density at radius 3 is 2.82 bits per heavy atom. The third-order valence-electron chi connectivity index (χ3n) is 3.39. The molecule has 3 nitrogen and oxygen atoms in total. The fraction of sp³-hybridized carbons (Fsp3) is 0.235. The molecule has 5 heteroatoms. The number of thiophene rings is 1. The molecule has 1 N–H and O–H groups in total. The van der Waals surface area contributed by atoms with Crippen LogP contribution in [0, 0.1) is 5.82 Å². The molecule has 3 rings (SSSR count). The van der Waals surface area contributed by atoms with E-state index < -0.39 is 0 Å². The van der Waals surface area contributed by atoms with Crippen LogP contribution in [-0.2, 0) is 11.3 Å². The van der Waals surface area contributed by atoms with Gasteiger partial charge in [0.2, 0.25) is 5.91 Å². The quantitative estimate of drug-likeness (QED) is 0.774. The van der Waals surface area contributed by atoms with Crippen LogP contribution in [0.25, 0.3) is 21.5 Å². The van der Waals surface area contributed by atoms with Crippen molar-refractivity contribution in [1.29, 1.82) is 0 Å². The van der Waals surface area contributed by atoms with Crippen molar-refractivity contribution in [3.8, 4) is 10.6 Å². The van der Waals surface area contributed by atoms with E-state index in [-0.39, 0.29) is 24.3 Å². The number of carbonyl (C=O) groups is 1. The van der Waals surface area contributed by atoms with E-state index in [2.05, 4.69) is 5.32 Å². The van der Waals surface area contributed by atoms with Gasteiger partial charge in [-0.15, -0.1) is 11.3 Å². The van der Waals surface area contributed by atoms with Crippen LogP contribution in [0.4, 0.5) is 4.39 Å². The highest BCUT2D eigenvalue weighted by Gasteiger charge is 2.15. The normalized spacial score (nSPS) is 11.3. The summed E-state index contributed by atoms with van der Waals surface area (Å²) in [5.74, 6) is -0.316. The van der Waals surface area contributed by atoms with Crippen molar-refractivity contribution in [1.82, 2.24) is 9.88 Å². The molecule has 0 saturated heterocycles. The maximum Gasteiger partial charge on any atom is 0.240 e. The van der Waals surface area contributed by atoms with Gasteiger partial charge in [0, 0.05) is 16.9 Å². The van der Waals surface area contributed by atoms with Gasteiger partial charge in [-0.2, -0.15) is 0 Å². The van der Waals surface area contributed by atoms with Crippen LogP contribution >= 0.6 is 11.3 Å². The summed E-state index contributed by atoms with van der Waals surface area (Å²) in [6, 6.07) is 10.7. The summed E-state index contributed by atoms with van der Waals surface area (Å²) in [4.78, 5) is 13.2. The molecule has 1 aromatic carbocycles. The van der Waals surface area contributed by atoms with Gasteiger partial charge in [0.25, 0.3) is 0 Å². The van der Waals surface area contributed by atoms with Crippen LogP contribution in [0.2, 0.25) is 0 Å². The number of benzene rings is 1. The average molecular weight is 316 g/mol. The van der Waals surface area contributed by atoms with E-state index in [9.17, 15) is 9.18 Å². The maximum atomic E-state index is 13.5. The molecule has 0 atom stereocenters. The second-order valence-electron chi connectivity index (χ2n) is 5.52. The Balaban J connectivity index is 2.09. The molecule has 2 aromatic heterocycles. The lowest BCUT2D eigenvalue weighted by molar-refractivity contribution is -0.122. The summed E-state index contributed by atoms with van der Waals surface area (Å²) in [6.07, 6.45) is 0. The molecule has 0 aliphatic heterocycles. The van der Waals surface area contributed by atoms with Crippen LogP contribution in [-0.4, -0.2) is 16.5 Å². The predicted octanol–water partition coefficient (Wildman–Crippen LogP) is 4.03. The third kappa shape index (κ3) is 2.90. The summed E-state index contributed by atoms with van der Waals surface area (Å²) in [5, 5.41) is 5.70. The first kappa shape index (κ1) is 14.8. The second-order valence-corrected chi connectivity index (χ2v) is 6.47. The molecule has 3 aromatic rings. The average Bonchev–Trinajstić information content (AvgIpc) is 3.05. The van der Waals surface area contributed by atoms with Crippen LogP contribution < -0.4 is 5.32 Å². The zero-order valence-electron chi connectivity index (χ0n) is 12.5. The Morgan fingerprint density at radius 1 is 1.32 bits per heavy atom. The third-order valence-corrected chi connectivity index (χ3v) is 4.28.